The average molecular weight is 282 g/mol. The molecule has 0 aliphatic heterocycles. The highest BCUT2D eigenvalue weighted by molar-refractivity contribution is 5.90. The van der Waals surface area contributed by atoms with Crippen LogP contribution in [0, 0.1) is 29.1 Å². The molecular formula is C11H11F5N2O. The quantitative estimate of drug-likeness (QED) is 0.377. The Hall–Kier alpha value is -1.70. The van der Waals surface area contributed by atoms with E-state index in [0.717, 1.165) is 0 Å². The SMILES string of the molecule is NCCCCC(=O)Nc1c(F)c(F)c(F)c(F)c1F. The van der Waals surface area contributed by atoms with E-state index in [-0.39, 0.29) is 6.42 Å². The lowest BCUT2D eigenvalue weighted by molar-refractivity contribution is -0.116. The summed E-state index contributed by atoms with van der Waals surface area (Å²) >= 11 is 0. The molecule has 19 heavy (non-hydrogen) atoms. The predicted octanol–water partition coefficient (Wildman–Crippen LogP) is 2.45. The summed E-state index contributed by atoms with van der Waals surface area (Å²) in [4.78, 5) is 11.3. The fourth-order valence-corrected chi connectivity index (χ4v) is 1.35. The normalized spacial score (nSPS) is 10.6. The molecule has 0 aromatic heterocycles. The smallest absolute Gasteiger partial charge is 0.224 e. The maximum atomic E-state index is 13.2. The standard InChI is InChI=1S/C11H11F5N2O/c12-6-7(13)9(15)11(10(16)8(6)14)18-5(19)3-1-2-4-17/h1-4,17H2,(H,18,19). The van der Waals surface area contributed by atoms with E-state index in [1.165, 1.54) is 0 Å². The van der Waals surface area contributed by atoms with E-state index in [9.17, 15) is 26.7 Å². The molecule has 1 amide bonds. The molecule has 0 saturated carbocycles. The van der Waals surface area contributed by atoms with Gasteiger partial charge in [-0.25, -0.2) is 22.0 Å². The number of carbonyl (C=O) groups is 1. The van der Waals surface area contributed by atoms with Gasteiger partial charge in [0, 0.05) is 6.42 Å². The van der Waals surface area contributed by atoms with Gasteiger partial charge in [-0.3, -0.25) is 4.79 Å². The van der Waals surface area contributed by atoms with Crippen LogP contribution >= 0.6 is 0 Å². The van der Waals surface area contributed by atoms with Crippen LogP contribution in [0.4, 0.5) is 27.6 Å². The minimum absolute atomic E-state index is 0.128. The zero-order chi connectivity index (χ0) is 14.6. The molecule has 106 valence electrons. The van der Waals surface area contributed by atoms with Crippen molar-refractivity contribution in [1.82, 2.24) is 0 Å². The predicted molar refractivity (Wildman–Crippen MR) is 57.8 cm³/mol. The van der Waals surface area contributed by atoms with Crippen molar-refractivity contribution >= 4 is 11.6 Å². The van der Waals surface area contributed by atoms with E-state index in [0.29, 0.717) is 19.4 Å². The Labute approximate surface area is 105 Å². The summed E-state index contributed by atoms with van der Waals surface area (Å²) in [5, 5.41) is 1.67. The summed E-state index contributed by atoms with van der Waals surface area (Å²) < 4.78 is 64.8. The minimum Gasteiger partial charge on any atom is -0.330 e. The number of nitrogens with two attached hydrogens (primary N) is 1. The summed E-state index contributed by atoms with van der Waals surface area (Å²) in [7, 11) is 0. The zero-order valence-electron chi connectivity index (χ0n) is 9.70. The van der Waals surface area contributed by atoms with E-state index in [4.69, 9.17) is 5.73 Å². The Bertz CT molecular complexity index is 463. The number of nitrogens with one attached hydrogen (secondary N) is 1. The van der Waals surface area contributed by atoms with E-state index in [2.05, 4.69) is 0 Å². The van der Waals surface area contributed by atoms with E-state index in [1.807, 2.05) is 0 Å². The van der Waals surface area contributed by atoms with Crippen LogP contribution in [0.15, 0.2) is 0 Å². The molecule has 0 radical (unpaired) electrons. The molecule has 0 spiro atoms. The van der Waals surface area contributed by atoms with Crippen LogP contribution in [-0.2, 0) is 4.79 Å². The van der Waals surface area contributed by atoms with Crippen LogP contribution in [0.1, 0.15) is 19.3 Å². The van der Waals surface area contributed by atoms with Gasteiger partial charge in [-0.15, -0.1) is 0 Å². The number of unbranched alkanes of at least 4 members (excludes halogenated alkanes) is 1. The number of amides is 1. The molecule has 0 saturated heterocycles. The molecule has 1 rings (SSSR count). The van der Waals surface area contributed by atoms with Crippen LogP contribution < -0.4 is 11.1 Å². The Balaban J connectivity index is 2.93. The highest BCUT2D eigenvalue weighted by Gasteiger charge is 2.26. The van der Waals surface area contributed by atoms with Gasteiger partial charge >= 0.3 is 0 Å². The number of hydrogen-bond donors (Lipinski definition) is 2. The second kappa shape index (κ2) is 6.46. The number of benzene rings is 1. The monoisotopic (exact) mass is 282 g/mol. The Morgan fingerprint density at radius 3 is 1.84 bits per heavy atom. The first-order valence-corrected chi connectivity index (χ1v) is 5.41. The molecule has 0 atom stereocenters. The van der Waals surface area contributed by atoms with Crippen LogP contribution in [0.2, 0.25) is 0 Å². The molecule has 0 bridgehead atoms. The molecule has 0 unspecified atom stereocenters. The van der Waals surface area contributed by atoms with Gasteiger partial charge in [0.15, 0.2) is 23.3 Å². The van der Waals surface area contributed by atoms with Gasteiger partial charge in [0.05, 0.1) is 0 Å². The van der Waals surface area contributed by atoms with Crippen molar-refractivity contribution in [2.45, 2.75) is 19.3 Å². The maximum absolute atomic E-state index is 13.2. The molecule has 1 aromatic carbocycles. The summed E-state index contributed by atoms with van der Waals surface area (Å²) in [6.45, 7) is 0.329. The summed E-state index contributed by atoms with van der Waals surface area (Å²) in [5.74, 6) is -11.5. The van der Waals surface area contributed by atoms with Crippen molar-refractivity contribution < 1.29 is 26.7 Å². The maximum Gasteiger partial charge on any atom is 0.224 e. The van der Waals surface area contributed by atoms with Crippen LogP contribution in [0.5, 0.6) is 0 Å². The molecule has 1 aromatic rings. The van der Waals surface area contributed by atoms with E-state index in [1.54, 1.807) is 5.32 Å². The third-order valence-electron chi connectivity index (χ3n) is 2.33. The van der Waals surface area contributed by atoms with Crippen molar-refractivity contribution in [2.75, 3.05) is 11.9 Å². The van der Waals surface area contributed by atoms with E-state index >= 15 is 0 Å². The third kappa shape index (κ3) is 3.40. The summed E-state index contributed by atoms with van der Waals surface area (Å²) in [6, 6.07) is 0. The molecular weight excluding hydrogens is 271 g/mol. The molecule has 0 fully saturated rings. The third-order valence-corrected chi connectivity index (χ3v) is 2.33. The molecule has 8 heteroatoms. The molecule has 0 aliphatic carbocycles. The first kappa shape index (κ1) is 15.4. The lowest BCUT2D eigenvalue weighted by Gasteiger charge is -2.09. The van der Waals surface area contributed by atoms with Crippen LogP contribution in [0.25, 0.3) is 0 Å². The van der Waals surface area contributed by atoms with Crippen molar-refractivity contribution in [2.24, 2.45) is 5.73 Å². The summed E-state index contributed by atoms with van der Waals surface area (Å²) in [5.41, 5.74) is 3.84. The van der Waals surface area contributed by atoms with Crippen molar-refractivity contribution in [3.8, 4) is 0 Å². The molecule has 3 N–H and O–H groups in total. The van der Waals surface area contributed by atoms with Crippen molar-refractivity contribution in [3.05, 3.63) is 29.1 Å². The number of hydrogen-bond acceptors (Lipinski definition) is 2. The van der Waals surface area contributed by atoms with Crippen LogP contribution in [0.3, 0.4) is 0 Å². The largest absolute Gasteiger partial charge is 0.330 e. The number of carbonyl (C=O) groups excluding carboxylic acids is 1. The lowest BCUT2D eigenvalue weighted by atomic mass is 10.2. The second-order valence-corrected chi connectivity index (χ2v) is 3.74. The molecule has 3 nitrogen and oxygen atoms in total. The van der Waals surface area contributed by atoms with Crippen LogP contribution in [-0.4, -0.2) is 12.5 Å². The topological polar surface area (TPSA) is 55.1 Å². The van der Waals surface area contributed by atoms with Gasteiger partial charge in [0.1, 0.15) is 5.69 Å². The van der Waals surface area contributed by atoms with Crippen molar-refractivity contribution in [3.63, 3.8) is 0 Å². The highest BCUT2D eigenvalue weighted by atomic mass is 19.2. The Morgan fingerprint density at radius 1 is 0.895 bits per heavy atom. The van der Waals surface area contributed by atoms with Gasteiger partial charge in [0.25, 0.3) is 0 Å². The van der Waals surface area contributed by atoms with Gasteiger partial charge < -0.3 is 11.1 Å². The second-order valence-electron chi connectivity index (χ2n) is 3.74. The van der Waals surface area contributed by atoms with Crippen molar-refractivity contribution in [1.29, 1.82) is 0 Å². The number of rotatable bonds is 5. The first-order chi connectivity index (χ1) is 8.90. The fraction of sp³-hybridized carbons (Fsp3) is 0.364. The van der Waals surface area contributed by atoms with Gasteiger partial charge in [-0.1, -0.05) is 0 Å². The number of halogens is 5. The minimum atomic E-state index is -2.27. The first-order valence-electron chi connectivity index (χ1n) is 5.41. The fourth-order valence-electron chi connectivity index (χ4n) is 1.35. The Morgan fingerprint density at radius 2 is 1.37 bits per heavy atom. The van der Waals surface area contributed by atoms with Gasteiger partial charge in [-0.05, 0) is 19.4 Å². The zero-order valence-corrected chi connectivity index (χ0v) is 9.70. The summed E-state index contributed by atoms with van der Waals surface area (Å²) in [6.07, 6.45) is 0.721. The molecule has 0 aliphatic rings. The van der Waals surface area contributed by atoms with Gasteiger partial charge in [-0.2, -0.15) is 0 Å². The highest BCUT2D eigenvalue weighted by Crippen LogP contribution is 2.27. The van der Waals surface area contributed by atoms with E-state index < -0.39 is 40.7 Å². The lowest BCUT2D eigenvalue weighted by Crippen LogP contribution is -2.16. The number of anilines is 1. The average Bonchev–Trinajstić information content (AvgIpc) is 2.39. The Kier molecular flexibility index (Phi) is 5.22. The molecule has 0 heterocycles. The van der Waals surface area contributed by atoms with Gasteiger partial charge in [0.2, 0.25) is 11.7 Å².